The van der Waals surface area contributed by atoms with E-state index in [1.54, 1.807) is 17.1 Å². The van der Waals surface area contributed by atoms with Crippen molar-refractivity contribution in [2.45, 2.75) is 18.9 Å². The molecule has 0 spiro atoms. The highest BCUT2D eigenvalue weighted by atomic mass is 16.5. The van der Waals surface area contributed by atoms with Gasteiger partial charge in [-0.15, -0.1) is 0 Å². The van der Waals surface area contributed by atoms with Crippen LogP contribution in [0.3, 0.4) is 0 Å². The van der Waals surface area contributed by atoms with E-state index in [-0.39, 0.29) is 5.97 Å². The lowest BCUT2D eigenvalue weighted by molar-refractivity contribution is -0.136. The third-order valence-electron chi connectivity index (χ3n) is 4.54. The number of hydrogen-bond acceptors (Lipinski definition) is 4. The average molecular weight is 356 g/mol. The fraction of sp³-hybridized carbons (Fsp3) is 0.130. The van der Waals surface area contributed by atoms with E-state index < -0.39 is 6.04 Å². The maximum atomic E-state index is 12.9. The molecular weight excluding hydrogens is 336 g/mol. The highest BCUT2D eigenvalue weighted by Crippen LogP contribution is 2.27. The van der Waals surface area contributed by atoms with Crippen molar-refractivity contribution in [2.75, 3.05) is 5.01 Å². The Morgan fingerprint density at radius 3 is 2.11 bits per heavy atom. The number of carbonyl (C=O) groups excluding carboxylic acids is 1. The lowest BCUT2D eigenvalue weighted by Gasteiger charge is -2.32. The fourth-order valence-corrected chi connectivity index (χ4v) is 3.19. The summed E-state index contributed by atoms with van der Waals surface area (Å²) in [5.41, 5.74) is 2.93. The first-order chi connectivity index (χ1) is 13.3. The summed E-state index contributed by atoms with van der Waals surface area (Å²) in [5.74, 6) is 0.259. The minimum Gasteiger partial charge on any atom is -0.425 e. The third kappa shape index (κ3) is 3.90. The summed E-state index contributed by atoms with van der Waals surface area (Å²) < 4.78 is 5.60. The van der Waals surface area contributed by atoms with E-state index in [1.165, 1.54) is 0 Å². The number of carbonyl (C=O) groups is 1. The lowest BCUT2D eigenvalue weighted by atomic mass is 10.00. The molecular formula is C23H20N2O2. The Morgan fingerprint density at radius 1 is 0.852 bits per heavy atom. The summed E-state index contributed by atoms with van der Waals surface area (Å²) >= 11 is 0. The Morgan fingerprint density at radius 2 is 1.44 bits per heavy atom. The molecule has 1 atom stereocenters. The van der Waals surface area contributed by atoms with Gasteiger partial charge >= 0.3 is 5.97 Å². The number of para-hydroxylation sites is 2. The summed E-state index contributed by atoms with van der Waals surface area (Å²) in [7, 11) is 0. The quantitative estimate of drug-likeness (QED) is 0.504. The molecule has 0 saturated carbocycles. The average Bonchev–Trinajstić information content (AvgIpc) is 2.75. The molecule has 0 aliphatic carbocycles. The number of hydrogen-bond donors (Lipinski definition) is 0. The van der Waals surface area contributed by atoms with Crippen LogP contribution in [0.5, 0.6) is 5.75 Å². The molecule has 4 rings (SSSR count). The highest BCUT2D eigenvalue weighted by Gasteiger charge is 2.32. The van der Waals surface area contributed by atoms with Crippen molar-refractivity contribution in [2.24, 2.45) is 5.10 Å². The van der Waals surface area contributed by atoms with Crippen molar-refractivity contribution in [1.82, 2.24) is 0 Å². The molecule has 0 amide bonds. The van der Waals surface area contributed by atoms with Crippen LogP contribution in [0.1, 0.15) is 18.4 Å². The molecule has 0 bridgehead atoms. The summed E-state index contributed by atoms with van der Waals surface area (Å²) in [6.07, 6.45) is 1.37. The molecule has 1 unspecified atom stereocenters. The minimum absolute atomic E-state index is 0.291. The van der Waals surface area contributed by atoms with Crippen LogP contribution in [-0.2, 0) is 4.79 Å². The zero-order valence-corrected chi connectivity index (χ0v) is 14.9. The van der Waals surface area contributed by atoms with Crippen molar-refractivity contribution in [3.63, 3.8) is 0 Å². The van der Waals surface area contributed by atoms with E-state index in [0.717, 1.165) is 23.4 Å². The van der Waals surface area contributed by atoms with E-state index in [4.69, 9.17) is 9.84 Å². The van der Waals surface area contributed by atoms with Crippen molar-refractivity contribution in [3.05, 3.63) is 96.6 Å². The normalized spacial score (nSPS) is 16.5. The fourth-order valence-electron chi connectivity index (χ4n) is 3.19. The van der Waals surface area contributed by atoms with Gasteiger partial charge in [-0.1, -0.05) is 66.7 Å². The van der Waals surface area contributed by atoms with E-state index in [9.17, 15) is 4.79 Å². The topological polar surface area (TPSA) is 41.9 Å². The van der Waals surface area contributed by atoms with Gasteiger partial charge in [0.15, 0.2) is 6.04 Å². The van der Waals surface area contributed by atoms with E-state index >= 15 is 0 Å². The Bertz CT molecular complexity index is 924. The molecule has 0 N–H and O–H groups in total. The maximum Gasteiger partial charge on any atom is 0.336 e. The van der Waals surface area contributed by atoms with Crippen LogP contribution in [0.25, 0.3) is 0 Å². The van der Waals surface area contributed by atoms with Crippen molar-refractivity contribution >= 4 is 17.4 Å². The van der Waals surface area contributed by atoms with Gasteiger partial charge < -0.3 is 4.74 Å². The first-order valence-corrected chi connectivity index (χ1v) is 9.05. The van der Waals surface area contributed by atoms with Gasteiger partial charge in [-0.25, -0.2) is 4.79 Å². The van der Waals surface area contributed by atoms with Gasteiger partial charge in [0, 0.05) is 0 Å². The van der Waals surface area contributed by atoms with Crippen LogP contribution in [-0.4, -0.2) is 17.7 Å². The first kappa shape index (κ1) is 17.0. The van der Waals surface area contributed by atoms with Gasteiger partial charge in [0.05, 0.1) is 11.4 Å². The van der Waals surface area contributed by atoms with Crippen LogP contribution in [0, 0.1) is 0 Å². The predicted molar refractivity (Wildman–Crippen MR) is 107 cm³/mol. The number of esters is 1. The van der Waals surface area contributed by atoms with Gasteiger partial charge in [-0.05, 0) is 42.7 Å². The number of nitrogens with zero attached hydrogens (tertiary/aromatic N) is 2. The Kier molecular flexibility index (Phi) is 4.97. The van der Waals surface area contributed by atoms with Gasteiger partial charge in [-0.2, -0.15) is 5.10 Å². The van der Waals surface area contributed by atoms with Gasteiger partial charge in [0.2, 0.25) is 0 Å². The zero-order valence-electron chi connectivity index (χ0n) is 14.9. The lowest BCUT2D eigenvalue weighted by Crippen LogP contribution is -2.44. The van der Waals surface area contributed by atoms with Crippen LogP contribution in [0.15, 0.2) is 96.1 Å². The summed E-state index contributed by atoms with van der Waals surface area (Å²) in [6, 6.07) is 28.5. The Labute approximate surface area is 158 Å². The molecule has 0 fully saturated rings. The number of benzene rings is 3. The first-order valence-electron chi connectivity index (χ1n) is 9.05. The summed E-state index contributed by atoms with van der Waals surface area (Å²) in [6.45, 7) is 0. The van der Waals surface area contributed by atoms with Crippen molar-refractivity contribution in [1.29, 1.82) is 0 Å². The second kappa shape index (κ2) is 7.87. The number of ether oxygens (including phenoxy) is 1. The molecule has 3 aromatic rings. The Balaban J connectivity index is 1.65. The maximum absolute atomic E-state index is 12.9. The van der Waals surface area contributed by atoms with Crippen LogP contribution in [0.2, 0.25) is 0 Å². The number of rotatable bonds is 4. The second-order valence-electron chi connectivity index (χ2n) is 6.38. The van der Waals surface area contributed by atoms with Gasteiger partial charge in [0.25, 0.3) is 0 Å². The zero-order chi connectivity index (χ0) is 18.5. The molecule has 3 aromatic carbocycles. The van der Waals surface area contributed by atoms with Crippen molar-refractivity contribution in [3.8, 4) is 5.75 Å². The minimum atomic E-state index is -0.458. The molecule has 4 nitrogen and oxygen atoms in total. The van der Waals surface area contributed by atoms with Crippen LogP contribution < -0.4 is 9.75 Å². The predicted octanol–water partition coefficient (Wildman–Crippen LogP) is 4.67. The Hall–Kier alpha value is -3.40. The molecule has 1 aliphatic rings. The SMILES string of the molecule is O=C(Oc1ccccc1)C1CCC(c2ccccc2)=NN1c1ccccc1. The smallest absolute Gasteiger partial charge is 0.336 e. The van der Waals surface area contributed by atoms with Crippen LogP contribution >= 0.6 is 0 Å². The largest absolute Gasteiger partial charge is 0.425 e. The second-order valence-corrected chi connectivity index (χ2v) is 6.38. The summed E-state index contributed by atoms with van der Waals surface area (Å²) in [4.78, 5) is 12.9. The monoisotopic (exact) mass is 356 g/mol. The molecule has 0 saturated heterocycles. The van der Waals surface area contributed by atoms with Gasteiger partial charge in [0.1, 0.15) is 5.75 Å². The standard InChI is InChI=1S/C23H20N2O2/c26-23(27-20-14-8-3-9-15-20)22-17-16-21(18-10-4-1-5-11-18)24-25(22)19-12-6-2-7-13-19/h1-15,22H,16-17H2. The molecule has 1 heterocycles. The number of hydrazone groups is 1. The van der Waals surface area contributed by atoms with Crippen molar-refractivity contribution < 1.29 is 9.53 Å². The molecule has 0 radical (unpaired) electrons. The third-order valence-corrected chi connectivity index (χ3v) is 4.54. The molecule has 1 aliphatic heterocycles. The van der Waals surface area contributed by atoms with Crippen LogP contribution in [0.4, 0.5) is 5.69 Å². The summed E-state index contributed by atoms with van der Waals surface area (Å²) in [5, 5.41) is 6.60. The molecule has 4 heteroatoms. The molecule has 134 valence electrons. The van der Waals surface area contributed by atoms with E-state index in [0.29, 0.717) is 12.2 Å². The van der Waals surface area contributed by atoms with E-state index in [2.05, 4.69) is 0 Å². The van der Waals surface area contributed by atoms with Gasteiger partial charge in [-0.3, -0.25) is 5.01 Å². The number of anilines is 1. The highest BCUT2D eigenvalue weighted by molar-refractivity contribution is 6.02. The molecule has 27 heavy (non-hydrogen) atoms. The van der Waals surface area contributed by atoms with E-state index in [1.807, 2.05) is 78.9 Å². The molecule has 0 aromatic heterocycles.